The number of ether oxygens (including phenoxy) is 1. The third-order valence-corrected chi connectivity index (χ3v) is 4.80. The number of nitrogens with one attached hydrogen (secondary N) is 1. The Bertz CT molecular complexity index is 427. The summed E-state index contributed by atoms with van der Waals surface area (Å²) in [7, 11) is 0. The topological polar surface area (TPSA) is 78.9 Å². The molecule has 1 heterocycles. The number of nitrogens with zero attached hydrogens (tertiary/aromatic N) is 1. The third kappa shape index (κ3) is 4.83. The van der Waals surface area contributed by atoms with Gasteiger partial charge in [0, 0.05) is 12.5 Å². The van der Waals surface area contributed by atoms with Crippen LogP contribution < -0.4 is 5.32 Å². The van der Waals surface area contributed by atoms with Gasteiger partial charge in [0.15, 0.2) is 0 Å². The lowest BCUT2D eigenvalue weighted by molar-refractivity contribution is -0.126. The van der Waals surface area contributed by atoms with Crippen molar-refractivity contribution in [1.82, 2.24) is 10.2 Å². The number of amides is 2. The smallest absolute Gasteiger partial charge is 0.410 e. The molecule has 6 heteroatoms. The predicted molar refractivity (Wildman–Crippen MR) is 86.9 cm³/mol. The fourth-order valence-corrected chi connectivity index (χ4v) is 3.39. The second-order valence-corrected chi connectivity index (χ2v) is 7.41. The van der Waals surface area contributed by atoms with Crippen LogP contribution in [-0.4, -0.2) is 53.3 Å². The van der Waals surface area contributed by atoms with E-state index in [1.807, 2.05) is 13.8 Å². The summed E-state index contributed by atoms with van der Waals surface area (Å²) in [4.78, 5) is 26.1. The summed E-state index contributed by atoms with van der Waals surface area (Å²) < 4.78 is 5.22. The van der Waals surface area contributed by atoms with Gasteiger partial charge in [-0.2, -0.15) is 0 Å². The van der Waals surface area contributed by atoms with Gasteiger partial charge in [-0.15, -0.1) is 0 Å². The average Bonchev–Trinajstić information content (AvgIpc) is 2.89. The van der Waals surface area contributed by atoms with Crippen LogP contribution in [0.15, 0.2) is 0 Å². The zero-order valence-corrected chi connectivity index (χ0v) is 14.5. The SMILES string of the molecule is CC(C)COC(=O)N1C[C@H](O)C[C@H]1C(=O)N[C@H]1CCCC[C@@H]1C. The largest absolute Gasteiger partial charge is 0.449 e. The number of β-amino-alcohol motifs (C(OH)–C–C–N with tert-alkyl or cyclic N) is 1. The van der Waals surface area contributed by atoms with Crippen molar-refractivity contribution < 1.29 is 19.4 Å². The maximum absolute atomic E-state index is 12.6. The fraction of sp³-hybridized carbons (Fsp3) is 0.882. The Morgan fingerprint density at radius 3 is 2.65 bits per heavy atom. The molecule has 0 aromatic carbocycles. The standard InChI is InChI=1S/C17H30N2O4/c1-11(2)10-23-17(22)19-9-13(20)8-15(19)16(21)18-14-7-5-4-6-12(14)3/h11-15,20H,4-10H2,1-3H3,(H,18,21)/t12-,13+,14-,15-/m0/s1. The van der Waals surface area contributed by atoms with E-state index < -0.39 is 18.2 Å². The molecule has 2 rings (SSSR count). The summed E-state index contributed by atoms with van der Waals surface area (Å²) in [6, 6.07) is -0.457. The van der Waals surface area contributed by atoms with Crippen molar-refractivity contribution in [2.45, 2.75) is 71.1 Å². The van der Waals surface area contributed by atoms with Gasteiger partial charge in [0.2, 0.25) is 5.91 Å². The molecule has 1 saturated heterocycles. The summed E-state index contributed by atoms with van der Waals surface area (Å²) in [6.07, 6.45) is 3.56. The molecule has 0 unspecified atom stereocenters. The molecule has 4 atom stereocenters. The van der Waals surface area contributed by atoms with Gasteiger partial charge in [-0.25, -0.2) is 4.79 Å². The van der Waals surface area contributed by atoms with Crippen LogP contribution in [-0.2, 0) is 9.53 Å². The lowest BCUT2D eigenvalue weighted by Crippen LogP contribution is -2.51. The van der Waals surface area contributed by atoms with Crippen molar-refractivity contribution in [2.75, 3.05) is 13.2 Å². The molecule has 0 aromatic heterocycles. The molecule has 0 radical (unpaired) electrons. The minimum absolute atomic E-state index is 0.162. The molecule has 2 fully saturated rings. The van der Waals surface area contributed by atoms with E-state index in [9.17, 15) is 14.7 Å². The maximum atomic E-state index is 12.6. The van der Waals surface area contributed by atoms with E-state index in [0.717, 1.165) is 19.3 Å². The van der Waals surface area contributed by atoms with Gasteiger partial charge in [-0.1, -0.05) is 33.6 Å². The molecule has 6 nitrogen and oxygen atoms in total. The molecule has 1 aliphatic heterocycles. The number of hydrogen-bond donors (Lipinski definition) is 2. The molecular weight excluding hydrogens is 296 g/mol. The van der Waals surface area contributed by atoms with Crippen molar-refractivity contribution in [3.63, 3.8) is 0 Å². The molecule has 1 saturated carbocycles. The summed E-state index contributed by atoms with van der Waals surface area (Å²) in [5.41, 5.74) is 0. The molecular formula is C17H30N2O4. The number of aliphatic hydroxyl groups is 1. The zero-order valence-electron chi connectivity index (χ0n) is 14.5. The van der Waals surface area contributed by atoms with E-state index in [-0.39, 0.29) is 30.8 Å². The van der Waals surface area contributed by atoms with Crippen LogP contribution >= 0.6 is 0 Å². The molecule has 0 aromatic rings. The quantitative estimate of drug-likeness (QED) is 0.827. The van der Waals surface area contributed by atoms with E-state index >= 15 is 0 Å². The molecule has 23 heavy (non-hydrogen) atoms. The van der Waals surface area contributed by atoms with Gasteiger partial charge in [0.1, 0.15) is 6.04 Å². The highest BCUT2D eigenvalue weighted by Crippen LogP contribution is 2.25. The zero-order chi connectivity index (χ0) is 17.0. The normalized spacial score (nSPS) is 31.3. The number of hydrogen-bond acceptors (Lipinski definition) is 4. The number of likely N-dealkylation sites (tertiary alicyclic amines) is 1. The number of carbonyl (C=O) groups excluding carboxylic acids is 2. The van der Waals surface area contributed by atoms with E-state index in [0.29, 0.717) is 12.5 Å². The molecule has 2 aliphatic rings. The highest BCUT2D eigenvalue weighted by molar-refractivity contribution is 5.86. The van der Waals surface area contributed by atoms with Crippen LogP contribution in [0.2, 0.25) is 0 Å². The first-order valence-corrected chi connectivity index (χ1v) is 8.80. The number of carbonyl (C=O) groups is 2. The van der Waals surface area contributed by atoms with E-state index in [4.69, 9.17) is 4.74 Å². The van der Waals surface area contributed by atoms with Gasteiger partial charge < -0.3 is 15.2 Å². The average molecular weight is 326 g/mol. The van der Waals surface area contributed by atoms with Crippen molar-refractivity contribution in [1.29, 1.82) is 0 Å². The minimum Gasteiger partial charge on any atom is -0.449 e. The van der Waals surface area contributed by atoms with E-state index in [2.05, 4.69) is 12.2 Å². The third-order valence-electron chi connectivity index (χ3n) is 4.80. The van der Waals surface area contributed by atoms with Crippen LogP contribution in [0.3, 0.4) is 0 Å². The van der Waals surface area contributed by atoms with Gasteiger partial charge >= 0.3 is 6.09 Å². The molecule has 1 aliphatic carbocycles. The summed E-state index contributed by atoms with van der Waals surface area (Å²) in [5.74, 6) is 0.531. The van der Waals surface area contributed by atoms with Crippen molar-refractivity contribution in [3.05, 3.63) is 0 Å². The second-order valence-electron chi connectivity index (χ2n) is 7.41. The van der Waals surface area contributed by atoms with Crippen molar-refractivity contribution in [2.24, 2.45) is 11.8 Å². The Balaban J connectivity index is 1.94. The first-order chi connectivity index (χ1) is 10.9. The molecule has 2 N–H and O–H groups in total. The second kappa shape index (κ2) is 7.99. The molecule has 2 amide bonds. The van der Waals surface area contributed by atoms with Crippen molar-refractivity contribution >= 4 is 12.0 Å². The number of rotatable bonds is 4. The van der Waals surface area contributed by atoms with E-state index in [1.54, 1.807) is 0 Å². The Morgan fingerprint density at radius 2 is 2.00 bits per heavy atom. The Kier molecular flexibility index (Phi) is 6.27. The first-order valence-electron chi connectivity index (χ1n) is 8.80. The Morgan fingerprint density at radius 1 is 1.30 bits per heavy atom. The van der Waals surface area contributed by atoms with Crippen molar-refractivity contribution in [3.8, 4) is 0 Å². The minimum atomic E-state index is -0.666. The first kappa shape index (κ1) is 18.0. The molecule has 0 spiro atoms. The highest BCUT2D eigenvalue weighted by Gasteiger charge is 2.40. The van der Waals surface area contributed by atoms with Crippen LogP contribution in [0.4, 0.5) is 4.79 Å². The van der Waals surface area contributed by atoms with Crippen LogP contribution in [0.25, 0.3) is 0 Å². The van der Waals surface area contributed by atoms with E-state index in [1.165, 1.54) is 11.3 Å². The van der Waals surface area contributed by atoms with Gasteiger partial charge in [0.05, 0.1) is 19.3 Å². The van der Waals surface area contributed by atoms with Gasteiger partial charge in [-0.3, -0.25) is 9.69 Å². The lowest BCUT2D eigenvalue weighted by atomic mass is 9.86. The summed E-state index contributed by atoms with van der Waals surface area (Å²) in [5, 5.41) is 13.0. The van der Waals surface area contributed by atoms with Gasteiger partial charge in [-0.05, 0) is 24.7 Å². The molecule has 0 bridgehead atoms. The van der Waals surface area contributed by atoms with Crippen LogP contribution in [0.1, 0.15) is 52.9 Å². The predicted octanol–water partition coefficient (Wildman–Crippen LogP) is 1.91. The molecule has 132 valence electrons. The van der Waals surface area contributed by atoms with Gasteiger partial charge in [0.25, 0.3) is 0 Å². The Hall–Kier alpha value is -1.30. The van der Waals surface area contributed by atoms with Crippen LogP contribution in [0.5, 0.6) is 0 Å². The Labute approximate surface area is 138 Å². The summed E-state index contributed by atoms with van der Waals surface area (Å²) in [6.45, 7) is 6.55. The lowest BCUT2D eigenvalue weighted by Gasteiger charge is -2.31. The number of aliphatic hydroxyl groups excluding tert-OH is 1. The maximum Gasteiger partial charge on any atom is 0.410 e. The highest BCUT2D eigenvalue weighted by atomic mass is 16.6. The fourth-order valence-electron chi connectivity index (χ4n) is 3.39. The summed E-state index contributed by atoms with van der Waals surface area (Å²) >= 11 is 0. The van der Waals surface area contributed by atoms with Crippen LogP contribution in [0, 0.1) is 11.8 Å². The monoisotopic (exact) mass is 326 g/mol.